The van der Waals surface area contributed by atoms with E-state index < -0.39 is 0 Å². The van der Waals surface area contributed by atoms with E-state index in [-0.39, 0.29) is 6.04 Å². The van der Waals surface area contributed by atoms with Crippen molar-refractivity contribution >= 4 is 50.3 Å². The van der Waals surface area contributed by atoms with E-state index in [1.54, 1.807) is 0 Å². The average Bonchev–Trinajstić information content (AvgIpc) is 2.87. The number of hydrogen-bond donors (Lipinski definition) is 1. The van der Waals surface area contributed by atoms with E-state index >= 15 is 0 Å². The van der Waals surface area contributed by atoms with Gasteiger partial charge in [-0.3, -0.25) is 0 Å². The molecule has 1 nitrogen and oxygen atoms in total. The second-order valence-corrected chi connectivity index (χ2v) is 6.61. The third-order valence-corrected chi connectivity index (χ3v) is 5.21. The molecule has 0 spiro atoms. The van der Waals surface area contributed by atoms with Crippen LogP contribution in [0, 0.1) is 0 Å². The molecule has 0 saturated carbocycles. The SMILES string of the molecule is CC(Nc1ccc(Cl)c(Cl)c1)c1cc2ccccc2s1. The number of benzene rings is 2. The molecule has 1 atom stereocenters. The van der Waals surface area contributed by atoms with Crippen LogP contribution in [0.1, 0.15) is 17.8 Å². The van der Waals surface area contributed by atoms with Gasteiger partial charge in [-0.05, 0) is 42.6 Å². The lowest BCUT2D eigenvalue weighted by molar-refractivity contribution is 0.909. The standard InChI is InChI=1S/C16H13Cl2NS/c1-10(19-12-6-7-13(17)14(18)9-12)16-8-11-4-2-3-5-15(11)20-16/h2-10,19H,1H3. The second-order valence-electron chi connectivity index (χ2n) is 4.68. The summed E-state index contributed by atoms with van der Waals surface area (Å²) in [6.07, 6.45) is 0. The van der Waals surface area contributed by atoms with Gasteiger partial charge in [-0.15, -0.1) is 11.3 Å². The topological polar surface area (TPSA) is 12.0 Å². The average molecular weight is 322 g/mol. The number of hydrogen-bond acceptors (Lipinski definition) is 2. The van der Waals surface area contributed by atoms with Gasteiger partial charge in [0.15, 0.2) is 0 Å². The van der Waals surface area contributed by atoms with Gasteiger partial charge in [0.1, 0.15) is 0 Å². The number of anilines is 1. The predicted octanol–water partition coefficient (Wildman–Crippen LogP) is 6.38. The predicted molar refractivity (Wildman–Crippen MR) is 90.3 cm³/mol. The molecule has 1 unspecified atom stereocenters. The summed E-state index contributed by atoms with van der Waals surface area (Å²) in [5, 5.41) is 5.89. The van der Waals surface area contributed by atoms with Gasteiger partial charge in [0.05, 0.1) is 16.1 Å². The first-order valence-electron chi connectivity index (χ1n) is 6.33. The molecule has 1 N–H and O–H groups in total. The van der Waals surface area contributed by atoms with Crippen LogP contribution in [0.5, 0.6) is 0 Å². The van der Waals surface area contributed by atoms with Crippen molar-refractivity contribution in [3.05, 3.63) is 63.5 Å². The normalized spacial score (nSPS) is 12.6. The Hall–Kier alpha value is -1.22. The number of halogens is 2. The molecule has 102 valence electrons. The third-order valence-electron chi connectivity index (χ3n) is 3.17. The van der Waals surface area contributed by atoms with Crippen molar-refractivity contribution in [2.24, 2.45) is 0 Å². The van der Waals surface area contributed by atoms with Crippen molar-refractivity contribution in [3.8, 4) is 0 Å². The highest BCUT2D eigenvalue weighted by Gasteiger charge is 2.10. The van der Waals surface area contributed by atoms with Crippen LogP contribution in [0.4, 0.5) is 5.69 Å². The number of rotatable bonds is 3. The summed E-state index contributed by atoms with van der Waals surface area (Å²) in [5.74, 6) is 0. The number of fused-ring (bicyclic) bond motifs is 1. The molecule has 0 aliphatic heterocycles. The Morgan fingerprint density at radius 1 is 1.00 bits per heavy atom. The van der Waals surface area contributed by atoms with Gasteiger partial charge in [-0.25, -0.2) is 0 Å². The lowest BCUT2D eigenvalue weighted by atomic mass is 10.2. The molecule has 0 amide bonds. The molecule has 3 rings (SSSR count). The van der Waals surface area contributed by atoms with E-state index in [0.717, 1.165) is 5.69 Å². The summed E-state index contributed by atoms with van der Waals surface area (Å²) < 4.78 is 1.31. The maximum atomic E-state index is 6.04. The molecule has 1 aromatic heterocycles. The molecule has 0 aliphatic carbocycles. The van der Waals surface area contributed by atoms with Crippen LogP contribution >= 0.6 is 34.5 Å². The van der Waals surface area contributed by atoms with E-state index in [1.165, 1.54) is 15.0 Å². The van der Waals surface area contributed by atoms with Gasteiger partial charge < -0.3 is 5.32 Å². The Labute approximate surface area is 132 Å². The van der Waals surface area contributed by atoms with E-state index in [2.05, 4.69) is 42.6 Å². The largest absolute Gasteiger partial charge is 0.378 e. The number of nitrogens with one attached hydrogen (secondary N) is 1. The summed E-state index contributed by atoms with van der Waals surface area (Å²) >= 11 is 13.8. The van der Waals surface area contributed by atoms with Crippen LogP contribution in [0.15, 0.2) is 48.5 Å². The lowest BCUT2D eigenvalue weighted by Gasteiger charge is -2.14. The Morgan fingerprint density at radius 2 is 1.80 bits per heavy atom. The third kappa shape index (κ3) is 2.78. The fourth-order valence-electron chi connectivity index (χ4n) is 2.12. The van der Waals surface area contributed by atoms with Crippen molar-refractivity contribution in [1.29, 1.82) is 0 Å². The molecule has 0 saturated heterocycles. The second kappa shape index (κ2) is 5.65. The van der Waals surface area contributed by atoms with Gasteiger partial charge in [0.2, 0.25) is 0 Å². The Kier molecular flexibility index (Phi) is 3.88. The molecule has 0 bridgehead atoms. The van der Waals surface area contributed by atoms with Crippen LogP contribution in [0.2, 0.25) is 10.0 Å². The summed E-state index contributed by atoms with van der Waals surface area (Å²) in [5.41, 5.74) is 0.976. The maximum Gasteiger partial charge on any atom is 0.0612 e. The minimum Gasteiger partial charge on any atom is -0.378 e. The van der Waals surface area contributed by atoms with Crippen LogP contribution in [-0.2, 0) is 0 Å². The molecular weight excluding hydrogens is 309 g/mol. The van der Waals surface area contributed by atoms with E-state index in [4.69, 9.17) is 23.2 Å². The van der Waals surface area contributed by atoms with Gasteiger partial charge in [-0.2, -0.15) is 0 Å². The van der Waals surface area contributed by atoms with Crippen molar-refractivity contribution in [3.63, 3.8) is 0 Å². The summed E-state index contributed by atoms with van der Waals surface area (Å²) in [4.78, 5) is 1.30. The van der Waals surface area contributed by atoms with E-state index in [9.17, 15) is 0 Å². The van der Waals surface area contributed by atoms with Crippen LogP contribution < -0.4 is 5.32 Å². The molecule has 4 heteroatoms. The Balaban J connectivity index is 1.84. The van der Waals surface area contributed by atoms with Crippen molar-refractivity contribution < 1.29 is 0 Å². The zero-order valence-corrected chi connectivity index (χ0v) is 13.2. The fraction of sp³-hybridized carbons (Fsp3) is 0.125. The molecule has 20 heavy (non-hydrogen) atoms. The zero-order valence-electron chi connectivity index (χ0n) is 10.9. The Bertz CT molecular complexity index is 718. The molecule has 1 heterocycles. The summed E-state index contributed by atoms with van der Waals surface area (Å²) in [6, 6.07) is 16.5. The van der Waals surface area contributed by atoms with Crippen LogP contribution in [0.25, 0.3) is 10.1 Å². The Morgan fingerprint density at radius 3 is 2.55 bits per heavy atom. The minimum absolute atomic E-state index is 0.227. The van der Waals surface area contributed by atoms with Gasteiger partial charge in [-0.1, -0.05) is 41.4 Å². The first kappa shape index (κ1) is 13.7. The first-order chi connectivity index (χ1) is 9.63. The molecular formula is C16H13Cl2NS. The zero-order chi connectivity index (χ0) is 14.1. The lowest BCUT2D eigenvalue weighted by Crippen LogP contribution is -2.04. The van der Waals surface area contributed by atoms with Gasteiger partial charge >= 0.3 is 0 Å². The highest BCUT2D eigenvalue weighted by molar-refractivity contribution is 7.19. The molecule has 2 aromatic carbocycles. The van der Waals surface area contributed by atoms with Crippen molar-refractivity contribution in [1.82, 2.24) is 0 Å². The molecule has 3 aromatic rings. The highest BCUT2D eigenvalue weighted by Crippen LogP contribution is 2.32. The van der Waals surface area contributed by atoms with Gasteiger partial charge in [0.25, 0.3) is 0 Å². The molecule has 0 radical (unpaired) electrons. The smallest absolute Gasteiger partial charge is 0.0612 e. The maximum absolute atomic E-state index is 6.04. The van der Waals surface area contributed by atoms with Crippen LogP contribution in [-0.4, -0.2) is 0 Å². The highest BCUT2D eigenvalue weighted by atomic mass is 35.5. The minimum atomic E-state index is 0.227. The van der Waals surface area contributed by atoms with Crippen LogP contribution in [0.3, 0.4) is 0 Å². The molecule has 0 fully saturated rings. The quantitative estimate of drug-likeness (QED) is 0.590. The molecule has 0 aliphatic rings. The van der Waals surface area contributed by atoms with Crippen molar-refractivity contribution in [2.45, 2.75) is 13.0 Å². The first-order valence-corrected chi connectivity index (χ1v) is 7.91. The fourth-order valence-corrected chi connectivity index (χ4v) is 3.49. The van der Waals surface area contributed by atoms with Gasteiger partial charge in [0, 0.05) is 15.3 Å². The van der Waals surface area contributed by atoms with E-state index in [0.29, 0.717) is 10.0 Å². The van der Waals surface area contributed by atoms with E-state index in [1.807, 2.05) is 29.5 Å². The monoisotopic (exact) mass is 321 g/mol. The summed E-state index contributed by atoms with van der Waals surface area (Å²) in [6.45, 7) is 2.15. The van der Waals surface area contributed by atoms with Crippen molar-refractivity contribution in [2.75, 3.05) is 5.32 Å². The number of thiophene rings is 1. The summed E-state index contributed by atoms with van der Waals surface area (Å²) in [7, 11) is 0.